The van der Waals surface area contributed by atoms with E-state index in [1.807, 2.05) is 0 Å². The normalized spacial score (nSPS) is 10.3. The largest absolute Gasteiger partial charge is 0.492 e. The van der Waals surface area contributed by atoms with Crippen molar-refractivity contribution >= 4 is 43.5 Å². The van der Waals surface area contributed by atoms with Crippen molar-refractivity contribution in [3.63, 3.8) is 0 Å². The molecule has 0 N–H and O–H groups in total. The molecule has 0 unspecified atom stereocenters. The maximum atomic E-state index is 13.0. The minimum Gasteiger partial charge on any atom is -0.492 e. The fraction of sp³-hybridized carbons (Fsp3) is 0.333. The van der Waals surface area contributed by atoms with Crippen molar-refractivity contribution in [1.82, 2.24) is 0 Å². The molecule has 0 saturated heterocycles. The molecular formula is C9H8Br2ClFO. The topological polar surface area (TPSA) is 9.23 Å². The van der Waals surface area contributed by atoms with Gasteiger partial charge < -0.3 is 4.74 Å². The van der Waals surface area contributed by atoms with Crippen molar-refractivity contribution in [3.05, 3.63) is 27.4 Å². The second kappa shape index (κ2) is 5.93. The third kappa shape index (κ3) is 3.41. The summed E-state index contributed by atoms with van der Waals surface area (Å²) in [6.07, 6.45) is 0.872. The first kappa shape index (κ1) is 12.3. The van der Waals surface area contributed by atoms with E-state index in [1.54, 1.807) is 0 Å². The molecule has 1 aromatic rings. The maximum Gasteiger partial charge on any atom is 0.145 e. The Morgan fingerprint density at radius 1 is 1.43 bits per heavy atom. The van der Waals surface area contributed by atoms with Gasteiger partial charge in [-0.2, -0.15) is 0 Å². The van der Waals surface area contributed by atoms with Crippen LogP contribution in [0.1, 0.15) is 6.42 Å². The molecule has 0 fully saturated rings. The van der Waals surface area contributed by atoms with Gasteiger partial charge in [0, 0.05) is 11.4 Å². The molecule has 0 amide bonds. The molecule has 0 saturated carbocycles. The molecule has 5 heteroatoms. The Labute approximate surface area is 104 Å². The van der Waals surface area contributed by atoms with Crippen LogP contribution in [0.15, 0.2) is 16.6 Å². The first-order chi connectivity index (χ1) is 6.65. The van der Waals surface area contributed by atoms with Gasteiger partial charge in [-0.05, 0) is 28.4 Å². The summed E-state index contributed by atoms with van der Waals surface area (Å²) in [4.78, 5) is 0. The number of ether oxygens (including phenoxy) is 1. The fourth-order valence-corrected chi connectivity index (χ4v) is 1.83. The van der Waals surface area contributed by atoms with Gasteiger partial charge in [0.1, 0.15) is 11.6 Å². The number of hydrogen-bond donors (Lipinski definition) is 0. The Bertz CT molecular complexity index is 320. The summed E-state index contributed by atoms with van der Waals surface area (Å²) in [5.74, 6) is 0.0107. The Morgan fingerprint density at radius 2 is 2.14 bits per heavy atom. The average Bonchev–Trinajstić information content (AvgIpc) is 2.14. The first-order valence-electron chi connectivity index (χ1n) is 3.98. The summed E-state index contributed by atoms with van der Waals surface area (Å²) in [6.45, 7) is 0.547. The maximum absolute atomic E-state index is 13.0. The van der Waals surface area contributed by atoms with Crippen LogP contribution in [0, 0.1) is 5.82 Å². The van der Waals surface area contributed by atoms with Gasteiger partial charge in [0.25, 0.3) is 0 Å². The number of benzene rings is 1. The van der Waals surface area contributed by atoms with Gasteiger partial charge in [-0.25, -0.2) is 4.39 Å². The van der Waals surface area contributed by atoms with E-state index in [0.29, 0.717) is 16.8 Å². The van der Waals surface area contributed by atoms with Crippen molar-refractivity contribution in [2.75, 3.05) is 11.9 Å². The molecule has 0 aliphatic rings. The second-order valence-corrected chi connectivity index (χ2v) is 4.64. The van der Waals surface area contributed by atoms with Crippen LogP contribution in [0.4, 0.5) is 4.39 Å². The lowest BCUT2D eigenvalue weighted by Crippen LogP contribution is -1.98. The van der Waals surface area contributed by atoms with E-state index in [-0.39, 0.29) is 5.02 Å². The van der Waals surface area contributed by atoms with E-state index in [9.17, 15) is 4.39 Å². The van der Waals surface area contributed by atoms with E-state index in [1.165, 1.54) is 12.1 Å². The molecular weight excluding hydrogens is 338 g/mol. The summed E-state index contributed by atoms with van der Waals surface area (Å²) in [5.41, 5.74) is 0. The van der Waals surface area contributed by atoms with Crippen LogP contribution >= 0.6 is 43.5 Å². The fourth-order valence-electron chi connectivity index (χ4n) is 0.852. The smallest absolute Gasteiger partial charge is 0.145 e. The number of alkyl halides is 1. The van der Waals surface area contributed by atoms with Crippen LogP contribution < -0.4 is 4.74 Å². The Balaban J connectivity index is 2.72. The van der Waals surface area contributed by atoms with E-state index < -0.39 is 5.82 Å². The highest BCUT2D eigenvalue weighted by Crippen LogP contribution is 2.30. The third-order valence-corrected chi connectivity index (χ3v) is 2.98. The highest BCUT2D eigenvalue weighted by molar-refractivity contribution is 9.10. The molecule has 0 spiro atoms. The molecule has 1 rings (SSSR count). The van der Waals surface area contributed by atoms with Gasteiger partial charge in [-0.1, -0.05) is 27.5 Å². The minimum atomic E-state index is -0.469. The molecule has 0 heterocycles. The van der Waals surface area contributed by atoms with Crippen LogP contribution in [0.5, 0.6) is 5.75 Å². The summed E-state index contributed by atoms with van der Waals surface area (Å²) >= 11 is 12.1. The quantitative estimate of drug-likeness (QED) is 0.446. The van der Waals surface area contributed by atoms with Gasteiger partial charge in [0.15, 0.2) is 0 Å². The lowest BCUT2D eigenvalue weighted by atomic mass is 10.3. The molecule has 1 nitrogen and oxygen atoms in total. The molecule has 78 valence electrons. The van der Waals surface area contributed by atoms with Gasteiger partial charge in [-0.3, -0.25) is 0 Å². The number of halogens is 4. The zero-order valence-corrected chi connectivity index (χ0v) is 11.1. The number of rotatable bonds is 4. The lowest BCUT2D eigenvalue weighted by molar-refractivity contribution is 0.315. The predicted molar refractivity (Wildman–Crippen MR) is 63.0 cm³/mol. The molecule has 0 aliphatic carbocycles. The van der Waals surface area contributed by atoms with Crippen LogP contribution in [0.25, 0.3) is 0 Å². The Morgan fingerprint density at radius 3 is 2.79 bits per heavy atom. The third-order valence-electron chi connectivity index (χ3n) is 1.51. The summed E-state index contributed by atoms with van der Waals surface area (Å²) in [5, 5.41) is 0.949. The Hall–Kier alpha value is 0.200. The standard InChI is InChI=1S/C9H8Br2ClFO/c10-2-1-3-14-9-5-8(13)7(12)4-6(9)11/h4-5H,1-3H2. The predicted octanol–water partition coefficient (Wildman–Crippen LogP) is 4.41. The highest BCUT2D eigenvalue weighted by Gasteiger charge is 2.07. The van der Waals surface area contributed by atoms with Crippen LogP contribution in [0.2, 0.25) is 5.02 Å². The van der Waals surface area contributed by atoms with E-state index >= 15 is 0 Å². The van der Waals surface area contributed by atoms with Crippen LogP contribution in [-0.4, -0.2) is 11.9 Å². The van der Waals surface area contributed by atoms with Gasteiger partial charge >= 0.3 is 0 Å². The lowest BCUT2D eigenvalue weighted by Gasteiger charge is -2.07. The van der Waals surface area contributed by atoms with Crippen LogP contribution in [-0.2, 0) is 0 Å². The van der Waals surface area contributed by atoms with E-state index in [4.69, 9.17) is 16.3 Å². The number of hydrogen-bond acceptors (Lipinski definition) is 1. The Kier molecular flexibility index (Phi) is 5.20. The van der Waals surface area contributed by atoms with Crippen molar-refractivity contribution < 1.29 is 9.13 Å². The summed E-state index contributed by atoms with van der Waals surface area (Å²) in [6, 6.07) is 2.76. The molecule has 0 aromatic heterocycles. The average molecular weight is 346 g/mol. The van der Waals surface area contributed by atoms with Gasteiger partial charge in [0.2, 0.25) is 0 Å². The van der Waals surface area contributed by atoms with Crippen molar-refractivity contribution in [2.24, 2.45) is 0 Å². The van der Waals surface area contributed by atoms with Crippen molar-refractivity contribution in [1.29, 1.82) is 0 Å². The van der Waals surface area contributed by atoms with Crippen molar-refractivity contribution in [3.8, 4) is 5.75 Å². The molecule has 0 bridgehead atoms. The van der Waals surface area contributed by atoms with Crippen LogP contribution in [0.3, 0.4) is 0 Å². The summed E-state index contributed by atoms with van der Waals surface area (Å²) in [7, 11) is 0. The summed E-state index contributed by atoms with van der Waals surface area (Å²) < 4.78 is 19.0. The molecule has 0 radical (unpaired) electrons. The molecule has 0 atom stereocenters. The zero-order chi connectivity index (χ0) is 10.6. The van der Waals surface area contributed by atoms with Crippen molar-refractivity contribution in [2.45, 2.75) is 6.42 Å². The molecule has 0 aliphatic heterocycles. The highest BCUT2D eigenvalue weighted by atomic mass is 79.9. The zero-order valence-electron chi connectivity index (χ0n) is 7.20. The van der Waals surface area contributed by atoms with Gasteiger partial charge in [0.05, 0.1) is 16.1 Å². The second-order valence-electron chi connectivity index (χ2n) is 2.59. The monoisotopic (exact) mass is 344 g/mol. The molecule has 1 aromatic carbocycles. The van der Waals surface area contributed by atoms with Gasteiger partial charge in [-0.15, -0.1) is 0 Å². The minimum absolute atomic E-state index is 0.0877. The van der Waals surface area contributed by atoms with E-state index in [2.05, 4.69) is 31.9 Å². The SMILES string of the molecule is Fc1cc(OCCCBr)c(Br)cc1Cl. The van der Waals surface area contributed by atoms with E-state index in [0.717, 1.165) is 11.8 Å². The molecule has 14 heavy (non-hydrogen) atoms. The first-order valence-corrected chi connectivity index (χ1v) is 6.27.